The van der Waals surface area contributed by atoms with E-state index in [1.807, 2.05) is 12.1 Å². The second-order valence-corrected chi connectivity index (χ2v) is 6.52. The van der Waals surface area contributed by atoms with Crippen molar-refractivity contribution in [2.75, 3.05) is 23.7 Å². The monoisotopic (exact) mass is 304 g/mol. The summed E-state index contributed by atoms with van der Waals surface area (Å²) in [5.74, 6) is 0.510. The molecular formula is C15H16N2O3S. The molecule has 0 saturated carbocycles. The summed E-state index contributed by atoms with van der Waals surface area (Å²) in [4.78, 5) is 0.181. The first kappa shape index (κ1) is 13.8. The Morgan fingerprint density at radius 2 is 2.05 bits per heavy atom. The van der Waals surface area contributed by atoms with Crippen molar-refractivity contribution in [3.8, 4) is 5.75 Å². The molecule has 0 fully saturated rings. The highest BCUT2D eigenvalue weighted by molar-refractivity contribution is 7.92. The summed E-state index contributed by atoms with van der Waals surface area (Å²) < 4.78 is 32.4. The SMILES string of the molecule is COc1cccc(S(=O)(=O)Nc2ccc3c(c2)CCN3)c1. The molecule has 3 rings (SSSR count). The molecule has 1 aliphatic rings. The van der Waals surface area contributed by atoms with Crippen LogP contribution in [-0.4, -0.2) is 22.1 Å². The van der Waals surface area contributed by atoms with E-state index in [4.69, 9.17) is 4.74 Å². The van der Waals surface area contributed by atoms with Gasteiger partial charge in [0.2, 0.25) is 0 Å². The number of benzene rings is 2. The fourth-order valence-electron chi connectivity index (χ4n) is 2.35. The lowest BCUT2D eigenvalue weighted by Gasteiger charge is -2.10. The Balaban J connectivity index is 1.89. The van der Waals surface area contributed by atoms with E-state index >= 15 is 0 Å². The molecule has 6 heteroatoms. The zero-order valence-electron chi connectivity index (χ0n) is 11.6. The topological polar surface area (TPSA) is 67.4 Å². The van der Waals surface area contributed by atoms with E-state index < -0.39 is 10.0 Å². The highest BCUT2D eigenvalue weighted by Crippen LogP contribution is 2.27. The third kappa shape index (κ3) is 2.80. The number of hydrogen-bond donors (Lipinski definition) is 2. The van der Waals surface area contributed by atoms with E-state index in [-0.39, 0.29) is 4.90 Å². The average molecular weight is 304 g/mol. The van der Waals surface area contributed by atoms with Gasteiger partial charge in [-0.05, 0) is 42.3 Å². The number of hydrogen-bond acceptors (Lipinski definition) is 4. The van der Waals surface area contributed by atoms with Gasteiger partial charge in [-0.2, -0.15) is 0 Å². The minimum Gasteiger partial charge on any atom is -0.497 e. The standard InChI is InChI=1S/C15H16N2O3S/c1-20-13-3-2-4-14(10-13)21(18,19)17-12-5-6-15-11(9-12)7-8-16-15/h2-6,9-10,16-17H,7-8H2,1H3. The van der Waals surface area contributed by atoms with Gasteiger partial charge >= 0.3 is 0 Å². The fraction of sp³-hybridized carbons (Fsp3) is 0.200. The molecule has 2 N–H and O–H groups in total. The Hall–Kier alpha value is -2.21. The molecule has 0 atom stereocenters. The molecular weight excluding hydrogens is 288 g/mol. The number of sulfonamides is 1. The van der Waals surface area contributed by atoms with Gasteiger partial charge in [-0.15, -0.1) is 0 Å². The van der Waals surface area contributed by atoms with Crippen molar-refractivity contribution in [2.24, 2.45) is 0 Å². The summed E-state index contributed by atoms with van der Waals surface area (Å²) in [6, 6.07) is 11.9. The molecule has 1 heterocycles. The number of anilines is 2. The van der Waals surface area contributed by atoms with Gasteiger partial charge in [0.25, 0.3) is 10.0 Å². The minimum absolute atomic E-state index is 0.181. The molecule has 0 aliphatic carbocycles. The lowest BCUT2D eigenvalue weighted by Crippen LogP contribution is -2.13. The predicted molar refractivity (Wildman–Crippen MR) is 82.4 cm³/mol. The molecule has 0 aromatic heterocycles. The maximum atomic E-state index is 12.4. The molecule has 0 unspecified atom stereocenters. The largest absolute Gasteiger partial charge is 0.497 e. The normalized spacial score (nSPS) is 13.4. The average Bonchev–Trinajstić information content (AvgIpc) is 2.94. The van der Waals surface area contributed by atoms with Crippen LogP contribution in [0.3, 0.4) is 0 Å². The summed E-state index contributed by atoms with van der Waals surface area (Å²) in [6.07, 6.45) is 0.907. The van der Waals surface area contributed by atoms with E-state index in [9.17, 15) is 8.42 Å². The molecule has 0 saturated heterocycles. The molecule has 1 aliphatic heterocycles. The molecule has 0 radical (unpaired) electrons. The van der Waals surface area contributed by atoms with Crippen molar-refractivity contribution in [1.29, 1.82) is 0 Å². The van der Waals surface area contributed by atoms with E-state index in [2.05, 4.69) is 10.0 Å². The third-order valence-electron chi connectivity index (χ3n) is 3.42. The van der Waals surface area contributed by atoms with Gasteiger partial charge in [0.1, 0.15) is 5.75 Å². The molecule has 0 bridgehead atoms. The Morgan fingerprint density at radius 3 is 2.86 bits per heavy atom. The Kier molecular flexibility index (Phi) is 3.47. The maximum Gasteiger partial charge on any atom is 0.262 e. The van der Waals surface area contributed by atoms with E-state index in [1.54, 1.807) is 24.3 Å². The molecule has 5 nitrogen and oxygen atoms in total. The van der Waals surface area contributed by atoms with Gasteiger partial charge in [-0.25, -0.2) is 8.42 Å². The first-order valence-corrected chi connectivity index (χ1v) is 8.10. The lowest BCUT2D eigenvalue weighted by molar-refractivity contribution is 0.413. The smallest absolute Gasteiger partial charge is 0.262 e. The van der Waals surface area contributed by atoms with Gasteiger partial charge in [0, 0.05) is 24.0 Å². The van der Waals surface area contributed by atoms with Crippen LogP contribution in [0.2, 0.25) is 0 Å². The van der Waals surface area contributed by atoms with Crippen LogP contribution < -0.4 is 14.8 Å². The zero-order valence-corrected chi connectivity index (χ0v) is 12.4. The van der Waals surface area contributed by atoms with Gasteiger partial charge < -0.3 is 10.1 Å². The number of fused-ring (bicyclic) bond motifs is 1. The highest BCUT2D eigenvalue weighted by atomic mass is 32.2. The molecule has 2 aromatic rings. The summed E-state index contributed by atoms with van der Waals surface area (Å²) in [7, 11) is -2.11. The van der Waals surface area contributed by atoms with Crippen LogP contribution in [-0.2, 0) is 16.4 Å². The van der Waals surface area contributed by atoms with Crippen molar-refractivity contribution in [1.82, 2.24) is 0 Å². The Bertz CT molecular complexity index is 772. The number of methoxy groups -OCH3 is 1. The first-order valence-electron chi connectivity index (χ1n) is 6.62. The lowest BCUT2D eigenvalue weighted by atomic mass is 10.1. The fourth-order valence-corrected chi connectivity index (χ4v) is 3.43. The van der Waals surface area contributed by atoms with Gasteiger partial charge in [-0.1, -0.05) is 6.07 Å². The second kappa shape index (κ2) is 5.29. The van der Waals surface area contributed by atoms with Crippen LogP contribution in [0, 0.1) is 0 Å². The van der Waals surface area contributed by atoms with Crippen LogP contribution in [0.1, 0.15) is 5.56 Å². The van der Waals surface area contributed by atoms with Crippen molar-refractivity contribution in [3.63, 3.8) is 0 Å². The van der Waals surface area contributed by atoms with Crippen LogP contribution >= 0.6 is 0 Å². The number of nitrogens with one attached hydrogen (secondary N) is 2. The van der Waals surface area contributed by atoms with Gasteiger partial charge in [0.15, 0.2) is 0 Å². The van der Waals surface area contributed by atoms with Crippen LogP contribution in [0.25, 0.3) is 0 Å². The van der Waals surface area contributed by atoms with Crippen molar-refractivity contribution in [3.05, 3.63) is 48.0 Å². The number of rotatable bonds is 4. The predicted octanol–water partition coefficient (Wildman–Crippen LogP) is 2.46. The maximum absolute atomic E-state index is 12.4. The Labute approximate surface area is 124 Å². The molecule has 21 heavy (non-hydrogen) atoms. The molecule has 110 valence electrons. The van der Waals surface area contributed by atoms with Crippen molar-refractivity contribution < 1.29 is 13.2 Å². The summed E-state index contributed by atoms with van der Waals surface area (Å²) in [5, 5.41) is 3.24. The first-order chi connectivity index (χ1) is 10.1. The Morgan fingerprint density at radius 1 is 1.19 bits per heavy atom. The highest BCUT2D eigenvalue weighted by Gasteiger charge is 2.17. The van der Waals surface area contributed by atoms with E-state index in [0.29, 0.717) is 11.4 Å². The van der Waals surface area contributed by atoms with E-state index in [1.165, 1.54) is 13.2 Å². The van der Waals surface area contributed by atoms with Crippen molar-refractivity contribution >= 4 is 21.4 Å². The summed E-state index contributed by atoms with van der Waals surface area (Å²) >= 11 is 0. The van der Waals surface area contributed by atoms with Gasteiger partial charge in [-0.3, -0.25) is 4.72 Å². The van der Waals surface area contributed by atoms with E-state index in [0.717, 1.165) is 24.2 Å². The molecule has 0 spiro atoms. The number of ether oxygens (including phenoxy) is 1. The van der Waals surface area contributed by atoms with Crippen LogP contribution in [0.15, 0.2) is 47.4 Å². The third-order valence-corrected chi connectivity index (χ3v) is 4.80. The van der Waals surface area contributed by atoms with Crippen LogP contribution in [0.5, 0.6) is 5.75 Å². The van der Waals surface area contributed by atoms with Crippen LogP contribution in [0.4, 0.5) is 11.4 Å². The zero-order chi connectivity index (χ0) is 14.9. The molecule has 2 aromatic carbocycles. The molecule has 0 amide bonds. The summed E-state index contributed by atoms with van der Waals surface area (Å²) in [6.45, 7) is 0.890. The van der Waals surface area contributed by atoms with Gasteiger partial charge in [0.05, 0.1) is 12.0 Å². The van der Waals surface area contributed by atoms with Crippen molar-refractivity contribution in [2.45, 2.75) is 11.3 Å². The second-order valence-electron chi connectivity index (χ2n) is 4.83. The quantitative estimate of drug-likeness (QED) is 0.910. The minimum atomic E-state index is -3.61. The summed E-state index contributed by atoms with van der Waals surface area (Å²) in [5.41, 5.74) is 2.76.